The molecule has 168 valence electrons. The van der Waals surface area contributed by atoms with E-state index < -0.39 is 0 Å². The van der Waals surface area contributed by atoms with Crippen LogP contribution in [0.2, 0.25) is 0 Å². The second kappa shape index (κ2) is 17.8. The number of hydrogen-bond acceptors (Lipinski definition) is 1. The van der Waals surface area contributed by atoms with Gasteiger partial charge in [0.25, 0.3) is 0 Å². The highest BCUT2D eigenvalue weighted by Gasteiger charge is 2.24. The molecule has 0 radical (unpaired) electrons. The molecule has 0 aliphatic heterocycles. The van der Waals surface area contributed by atoms with E-state index in [1.807, 2.05) is 12.1 Å². The Balaban J connectivity index is 2.77. The first-order valence-electron chi connectivity index (χ1n) is 13.0. The van der Waals surface area contributed by atoms with Crippen molar-refractivity contribution in [2.75, 3.05) is 0 Å². The van der Waals surface area contributed by atoms with Gasteiger partial charge in [-0.2, -0.15) is 0 Å². The predicted molar refractivity (Wildman–Crippen MR) is 130 cm³/mol. The number of benzene rings is 1. The summed E-state index contributed by atoms with van der Waals surface area (Å²) >= 11 is 0. The minimum absolute atomic E-state index is 0.524. The molecule has 1 unspecified atom stereocenters. The summed E-state index contributed by atoms with van der Waals surface area (Å²) < 4.78 is 0. The maximum Gasteiger partial charge on any atom is 0.119 e. The Morgan fingerprint density at radius 2 is 1.03 bits per heavy atom. The molecule has 0 amide bonds. The molecular formula is C28H50O. The molecule has 1 rings (SSSR count). The molecule has 1 heteroatoms. The van der Waals surface area contributed by atoms with Gasteiger partial charge in [0.2, 0.25) is 0 Å². The number of aromatic hydroxyl groups is 1. The van der Waals surface area contributed by atoms with Crippen molar-refractivity contribution in [1.29, 1.82) is 0 Å². The van der Waals surface area contributed by atoms with Gasteiger partial charge in [-0.15, -0.1) is 0 Å². The van der Waals surface area contributed by atoms with E-state index in [0.717, 1.165) is 5.92 Å². The zero-order valence-electron chi connectivity index (χ0n) is 19.9. The van der Waals surface area contributed by atoms with Crippen LogP contribution in [0.4, 0.5) is 0 Å². The van der Waals surface area contributed by atoms with Crippen LogP contribution in [0.3, 0.4) is 0 Å². The largest absolute Gasteiger partial charge is 0.508 e. The third-order valence-electron chi connectivity index (χ3n) is 6.63. The molecule has 1 aromatic rings. The van der Waals surface area contributed by atoms with Gasteiger partial charge in [-0.1, -0.05) is 129 Å². The summed E-state index contributed by atoms with van der Waals surface area (Å²) in [6, 6.07) is 8.18. The first-order chi connectivity index (χ1) is 14.2. The van der Waals surface area contributed by atoms with Crippen molar-refractivity contribution in [3.05, 3.63) is 29.8 Å². The van der Waals surface area contributed by atoms with Gasteiger partial charge in [-0.3, -0.25) is 0 Å². The number of hydrogen-bond donors (Lipinski definition) is 1. The monoisotopic (exact) mass is 402 g/mol. The van der Waals surface area contributed by atoms with Gasteiger partial charge in [-0.05, 0) is 42.7 Å². The van der Waals surface area contributed by atoms with Gasteiger partial charge in [0.05, 0.1) is 0 Å². The first-order valence-corrected chi connectivity index (χ1v) is 13.0. The van der Waals surface area contributed by atoms with Crippen molar-refractivity contribution in [3.63, 3.8) is 0 Å². The van der Waals surface area contributed by atoms with Gasteiger partial charge in [0, 0.05) is 0 Å². The van der Waals surface area contributed by atoms with E-state index in [-0.39, 0.29) is 0 Å². The molecule has 0 aliphatic carbocycles. The van der Waals surface area contributed by atoms with E-state index >= 15 is 0 Å². The highest BCUT2D eigenvalue weighted by molar-refractivity contribution is 5.35. The topological polar surface area (TPSA) is 20.2 Å². The molecule has 0 bridgehead atoms. The molecule has 1 nitrogen and oxygen atoms in total. The Bertz CT molecular complexity index is 469. The second-order valence-electron chi connectivity index (χ2n) is 9.18. The average molecular weight is 403 g/mol. The highest BCUT2D eigenvalue weighted by atomic mass is 16.3. The van der Waals surface area contributed by atoms with Crippen molar-refractivity contribution in [3.8, 4) is 5.75 Å². The SMILES string of the molecule is CCCCCCCCC(c1ccccc1O)C(CCCCCC)CCCCCC. The van der Waals surface area contributed by atoms with Crippen LogP contribution in [0.1, 0.15) is 141 Å². The molecule has 0 spiro atoms. The Kier molecular flexibility index (Phi) is 16.0. The lowest BCUT2D eigenvalue weighted by molar-refractivity contribution is 0.315. The lowest BCUT2D eigenvalue weighted by Gasteiger charge is -2.29. The number of phenolic OH excluding ortho intramolecular Hbond substituents is 1. The van der Waals surface area contributed by atoms with Crippen LogP contribution in [0.5, 0.6) is 5.75 Å². The summed E-state index contributed by atoms with van der Waals surface area (Å²) in [6.45, 7) is 6.88. The lowest BCUT2D eigenvalue weighted by atomic mass is 9.76. The van der Waals surface area contributed by atoms with Crippen molar-refractivity contribution in [1.82, 2.24) is 0 Å². The van der Waals surface area contributed by atoms with Crippen LogP contribution in [0.15, 0.2) is 24.3 Å². The van der Waals surface area contributed by atoms with E-state index in [1.54, 1.807) is 0 Å². The zero-order chi connectivity index (χ0) is 21.2. The molecule has 0 saturated carbocycles. The third-order valence-corrected chi connectivity index (χ3v) is 6.63. The Labute approximate surface area is 182 Å². The van der Waals surface area contributed by atoms with Gasteiger partial charge in [0.1, 0.15) is 5.75 Å². The van der Waals surface area contributed by atoms with Crippen molar-refractivity contribution >= 4 is 0 Å². The van der Waals surface area contributed by atoms with Gasteiger partial charge < -0.3 is 5.11 Å². The maximum atomic E-state index is 10.6. The molecule has 1 aromatic carbocycles. The van der Waals surface area contributed by atoms with Crippen LogP contribution in [-0.4, -0.2) is 5.11 Å². The fourth-order valence-corrected chi connectivity index (χ4v) is 4.80. The minimum Gasteiger partial charge on any atom is -0.508 e. The summed E-state index contributed by atoms with van der Waals surface area (Å²) in [6.07, 6.45) is 22.8. The van der Waals surface area contributed by atoms with E-state index in [1.165, 1.54) is 115 Å². The smallest absolute Gasteiger partial charge is 0.119 e. The van der Waals surface area contributed by atoms with Crippen molar-refractivity contribution in [2.45, 2.75) is 136 Å². The molecule has 0 fully saturated rings. The normalized spacial score (nSPS) is 12.6. The quantitative estimate of drug-likeness (QED) is 0.228. The Morgan fingerprint density at radius 1 is 0.586 bits per heavy atom. The van der Waals surface area contributed by atoms with Crippen molar-refractivity contribution in [2.24, 2.45) is 5.92 Å². The fraction of sp³-hybridized carbons (Fsp3) is 0.786. The third kappa shape index (κ3) is 11.7. The number of unbranched alkanes of at least 4 members (excludes halogenated alkanes) is 11. The maximum absolute atomic E-state index is 10.6. The first kappa shape index (κ1) is 26.1. The fourth-order valence-electron chi connectivity index (χ4n) is 4.80. The summed E-state index contributed by atoms with van der Waals surface area (Å²) in [5.41, 5.74) is 1.22. The Hall–Kier alpha value is -0.980. The molecule has 0 heterocycles. The van der Waals surface area contributed by atoms with E-state index in [9.17, 15) is 5.11 Å². The van der Waals surface area contributed by atoms with Crippen molar-refractivity contribution < 1.29 is 5.11 Å². The number of rotatable bonds is 19. The highest BCUT2D eigenvalue weighted by Crippen LogP contribution is 2.40. The molecule has 0 saturated heterocycles. The van der Waals surface area contributed by atoms with E-state index in [2.05, 4.69) is 32.9 Å². The lowest BCUT2D eigenvalue weighted by Crippen LogP contribution is -2.14. The number of para-hydroxylation sites is 1. The number of phenols is 1. The Morgan fingerprint density at radius 3 is 1.59 bits per heavy atom. The molecule has 0 aliphatic rings. The van der Waals surface area contributed by atoms with Crippen LogP contribution in [0.25, 0.3) is 0 Å². The summed E-state index contributed by atoms with van der Waals surface area (Å²) in [4.78, 5) is 0. The van der Waals surface area contributed by atoms with Gasteiger partial charge >= 0.3 is 0 Å². The van der Waals surface area contributed by atoms with Gasteiger partial charge in [0.15, 0.2) is 0 Å². The molecule has 29 heavy (non-hydrogen) atoms. The van der Waals surface area contributed by atoms with E-state index in [0.29, 0.717) is 11.7 Å². The summed E-state index contributed by atoms with van der Waals surface area (Å²) in [5, 5.41) is 10.6. The van der Waals surface area contributed by atoms with Crippen LogP contribution >= 0.6 is 0 Å². The zero-order valence-corrected chi connectivity index (χ0v) is 19.9. The molecular weight excluding hydrogens is 352 g/mol. The van der Waals surface area contributed by atoms with E-state index in [4.69, 9.17) is 0 Å². The minimum atomic E-state index is 0.524. The summed E-state index contributed by atoms with van der Waals surface area (Å²) in [7, 11) is 0. The van der Waals surface area contributed by atoms with Crippen LogP contribution in [-0.2, 0) is 0 Å². The van der Waals surface area contributed by atoms with Crippen LogP contribution < -0.4 is 0 Å². The molecule has 1 N–H and O–H groups in total. The van der Waals surface area contributed by atoms with Gasteiger partial charge in [-0.25, -0.2) is 0 Å². The standard InChI is InChI=1S/C28H50O/c1-4-7-10-13-14-17-22-26(27-23-18-19-24-28(27)29)25(20-15-11-8-5-2)21-16-12-9-6-3/h18-19,23-26,29H,4-17,20-22H2,1-3H3. The molecule has 0 aromatic heterocycles. The average Bonchev–Trinajstić information content (AvgIpc) is 2.73. The summed E-state index contributed by atoms with van der Waals surface area (Å²) in [5.74, 6) is 1.79. The second-order valence-corrected chi connectivity index (χ2v) is 9.18. The predicted octanol–water partition coefficient (Wildman–Crippen LogP) is 9.78. The van der Waals surface area contributed by atoms with Crippen LogP contribution in [0, 0.1) is 5.92 Å². The molecule has 1 atom stereocenters.